The van der Waals surface area contributed by atoms with E-state index in [0.717, 1.165) is 9.48 Å². The topological polar surface area (TPSA) is 59.1 Å². The number of sulfonamides is 1. The lowest BCUT2D eigenvalue weighted by Crippen LogP contribution is -2.27. The predicted molar refractivity (Wildman–Crippen MR) is 79.9 cm³/mol. The third kappa shape index (κ3) is 3.85. The minimum atomic E-state index is -3.46. The highest BCUT2D eigenvalue weighted by Gasteiger charge is 2.16. The number of rotatable bonds is 5. The van der Waals surface area contributed by atoms with E-state index in [9.17, 15) is 8.42 Å². The first-order valence-corrected chi connectivity index (χ1v) is 8.79. The van der Waals surface area contributed by atoms with Gasteiger partial charge in [0.05, 0.1) is 9.90 Å². The van der Waals surface area contributed by atoms with E-state index in [4.69, 9.17) is 0 Å². The van der Waals surface area contributed by atoms with Crippen LogP contribution in [0.2, 0.25) is 0 Å². The normalized spacial score (nSPS) is 13.4. The molecular formula is C12H13BrN2O2S2. The minimum Gasteiger partial charge on any atom is -0.249 e. The highest BCUT2D eigenvalue weighted by Crippen LogP contribution is 2.18. The maximum absolute atomic E-state index is 12.1. The molecule has 0 aliphatic carbocycles. The molecule has 0 saturated heterocycles. The van der Waals surface area contributed by atoms with Gasteiger partial charge in [0.25, 0.3) is 0 Å². The number of nitrogens with zero attached hydrogens (tertiary/aromatic N) is 1. The molecule has 0 aliphatic heterocycles. The van der Waals surface area contributed by atoms with Gasteiger partial charge in [-0.15, -0.1) is 11.3 Å². The Labute approximate surface area is 125 Å². The van der Waals surface area contributed by atoms with Crippen LogP contribution in [0.4, 0.5) is 0 Å². The van der Waals surface area contributed by atoms with Crippen LogP contribution < -0.4 is 4.72 Å². The van der Waals surface area contributed by atoms with E-state index in [1.165, 1.54) is 11.3 Å². The first-order valence-electron chi connectivity index (χ1n) is 5.63. The van der Waals surface area contributed by atoms with Crippen LogP contribution in [0.15, 0.2) is 45.2 Å². The summed E-state index contributed by atoms with van der Waals surface area (Å²) in [5.74, 6) is 0.0604. The molecule has 0 radical (unpaired) electrons. The van der Waals surface area contributed by atoms with Gasteiger partial charge in [0.2, 0.25) is 10.0 Å². The molecule has 1 aromatic heterocycles. The second kappa shape index (κ2) is 6.13. The molecule has 1 N–H and O–H groups in total. The van der Waals surface area contributed by atoms with Gasteiger partial charge in [0.15, 0.2) is 0 Å². The summed E-state index contributed by atoms with van der Waals surface area (Å²) in [6.07, 6.45) is 1.72. The lowest BCUT2D eigenvalue weighted by Gasteiger charge is -2.10. The standard InChI is InChI=1S/C12H13BrN2O2S2/c1-9(12-14-6-7-18-12)8-15-19(16,17)11-4-2-10(13)3-5-11/h2-7,9,15H,8H2,1H3. The lowest BCUT2D eigenvalue weighted by atomic mass is 10.2. The van der Waals surface area contributed by atoms with E-state index >= 15 is 0 Å². The van der Waals surface area contributed by atoms with Crippen molar-refractivity contribution in [1.82, 2.24) is 9.71 Å². The fraction of sp³-hybridized carbons (Fsp3) is 0.250. The van der Waals surface area contributed by atoms with E-state index in [1.807, 2.05) is 12.3 Å². The highest BCUT2D eigenvalue weighted by molar-refractivity contribution is 9.10. The Hall–Kier alpha value is -0.760. The molecule has 19 heavy (non-hydrogen) atoms. The summed E-state index contributed by atoms with van der Waals surface area (Å²) < 4.78 is 27.6. The summed E-state index contributed by atoms with van der Waals surface area (Å²) in [5, 5.41) is 2.81. The summed E-state index contributed by atoms with van der Waals surface area (Å²) in [6.45, 7) is 2.29. The maximum atomic E-state index is 12.1. The van der Waals surface area contributed by atoms with Crippen molar-refractivity contribution in [3.8, 4) is 0 Å². The molecule has 0 fully saturated rings. The molecule has 0 bridgehead atoms. The summed E-state index contributed by atoms with van der Waals surface area (Å²) in [7, 11) is -3.46. The zero-order valence-corrected chi connectivity index (χ0v) is 13.4. The lowest BCUT2D eigenvalue weighted by molar-refractivity contribution is 0.574. The average Bonchev–Trinajstić information content (AvgIpc) is 2.90. The van der Waals surface area contributed by atoms with Gasteiger partial charge in [-0.25, -0.2) is 18.1 Å². The molecule has 1 aromatic carbocycles. The van der Waals surface area contributed by atoms with Crippen LogP contribution in [0.5, 0.6) is 0 Å². The van der Waals surface area contributed by atoms with Crippen molar-refractivity contribution < 1.29 is 8.42 Å². The first kappa shape index (κ1) is 14.6. The van der Waals surface area contributed by atoms with Crippen molar-refractivity contribution in [2.24, 2.45) is 0 Å². The van der Waals surface area contributed by atoms with Crippen LogP contribution >= 0.6 is 27.3 Å². The van der Waals surface area contributed by atoms with Crippen molar-refractivity contribution in [3.63, 3.8) is 0 Å². The number of nitrogens with one attached hydrogen (secondary N) is 1. The molecule has 1 heterocycles. The van der Waals surface area contributed by atoms with Gasteiger partial charge < -0.3 is 0 Å². The molecular weight excluding hydrogens is 348 g/mol. The quantitative estimate of drug-likeness (QED) is 0.891. The van der Waals surface area contributed by atoms with Gasteiger partial charge in [0.1, 0.15) is 0 Å². The van der Waals surface area contributed by atoms with Gasteiger partial charge in [-0.3, -0.25) is 0 Å². The summed E-state index contributed by atoms with van der Waals surface area (Å²) in [5.41, 5.74) is 0. The van der Waals surface area contributed by atoms with Crippen molar-refractivity contribution in [3.05, 3.63) is 45.3 Å². The molecule has 1 unspecified atom stereocenters. The van der Waals surface area contributed by atoms with E-state index in [0.29, 0.717) is 6.54 Å². The Balaban J connectivity index is 2.04. The number of hydrogen-bond donors (Lipinski definition) is 1. The Morgan fingerprint density at radius 1 is 1.37 bits per heavy atom. The zero-order valence-electron chi connectivity index (χ0n) is 10.2. The van der Waals surface area contributed by atoms with Crippen LogP contribution in [-0.2, 0) is 10.0 Å². The molecule has 0 spiro atoms. The van der Waals surface area contributed by atoms with Crippen LogP contribution in [-0.4, -0.2) is 19.9 Å². The van der Waals surface area contributed by atoms with Gasteiger partial charge in [0, 0.05) is 28.5 Å². The maximum Gasteiger partial charge on any atom is 0.240 e. The van der Waals surface area contributed by atoms with E-state index in [-0.39, 0.29) is 10.8 Å². The molecule has 0 saturated carbocycles. The van der Waals surface area contributed by atoms with Crippen LogP contribution in [0.3, 0.4) is 0 Å². The van der Waals surface area contributed by atoms with E-state index in [2.05, 4.69) is 25.6 Å². The third-order valence-corrected chi connectivity index (χ3v) is 5.55. The highest BCUT2D eigenvalue weighted by atomic mass is 79.9. The summed E-state index contributed by atoms with van der Waals surface area (Å²) >= 11 is 4.81. The van der Waals surface area contributed by atoms with E-state index in [1.54, 1.807) is 30.5 Å². The molecule has 0 amide bonds. The van der Waals surface area contributed by atoms with Crippen molar-refractivity contribution in [2.45, 2.75) is 17.7 Å². The van der Waals surface area contributed by atoms with Crippen LogP contribution in [0, 0.1) is 0 Å². The third-order valence-electron chi connectivity index (χ3n) is 2.58. The van der Waals surface area contributed by atoms with Crippen molar-refractivity contribution in [2.75, 3.05) is 6.54 Å². The van der Waals surface area contributed by atoms with Gasteiger partial charge >= 0.3 is 0 Å². The number of thiazole rings is 1. The fourth-order valence-electron chi connectivity index (χ4n) is 1.50. The fourth-order valence-corrected chi connectivity index (χ4v) is 3.59. The SMILES string of the molecule is CC(CNS(=O)(=O)c1ccc(Br)cc1)c1nccs1. The smallest absolute Gasteiger partial charge is 0.240 e. The van der Waals surface area contributed by atoms with Crippen LogP contribution in [0.25, 0.3) is 0 Å². The number of benzene rings is 1. The number of hydrogen-bond acceptors (Lipinski definition) is 4. The molecule has 7 heteroatoms. The molecule has 1 atom stereocenters. The van der Waals surface area contributed by atoms with Crippen molar-refractivity contribution >= 4 is 37.3 Å². The predicted octanol–water partition coefficient (Wildman–Crippen LogP) is 2.99. The van der Waals surface area contributed by atoms with E-state index < -0.39 is 10.0 Å². The Kier molecular flexibility index (Phi) is 4.72. The Morgan fingerprint density at radius 2 is 2.05 bits per heavy atom. The molecule has 102 valence electrons. The van der Waals surface area contributed by atoms with Gasteiger partial charge in [-0.2, -0.15) is 0 Å². The first-order chi connectivity index (χ1) is 8.99. The minimum absolute atomic E-state index is 0.0604. The Morgan fingerprint density at radius 3 is 2.63 bits per heavy atom. The molecule has 2 aromatic rings. The van der Waals surface area contributed by atoms with Gasteiger partial charge in [-0.1, -0.05) is 22.9 Å². The largest absolute Gasteiger partial charge is 0.249 e. The zero-order chi connectivity index (χ0) is 13.9. The second-order valence-electron chi connectivity index (χ2n) is 4.08. The second-order valence-corrected chi connectivity index (χ2v) is 7.69. The molecule has 0 aliphatic rings. The number of aromatic nitrogens is 1. The Bertz CT molecular complexity index is 624. The average molecular weight is 361 g/mol. The molecule has 4 nitrogen and oxygen atoms in total. The monoisotopic (exact) mass is 360 g/mol. The summed E-state index contributed by atoms with van der Waals surface area (Å²) in [6, 6.07) is 6.55. The molecule has 2 rings (SSSR count). The van der Waals surface area contributed by atoms with Gasteiger partial charge in [-0.05, 0) is 24.3 Å². The summed E-state index contributed by atoms with van der Waals surface area (Å²) in [4.78, 5) is 4.44. The van der Waals surface area contributed by atoms with Crippen molar-refractivity contribution in [1.29, 1.82) is 0 Å². The number of halogens is 1. The van der Waals surface area contributed by atoms with Crippen LogP contribution in [0.1, 0.15) is 17.8 Å².